The quantitative estimate of drug-likeness (QED) is 0.109. The van der Waals surface area contributed by atoms with Crippen LogP contribution in [0.2, 0.25) is 5.15 Å². The second-order valence-electron chi connectivity index (χ2n) is 16.8. The molecule has 0 bridgehead atoms. The predicted octanol–water partition coefficient (Wildman–Crippen LogP) is 8.64. The molecular formula is C51H50ClN13O4. The summed E-state index contributed by atoms with van der Waals surface area (Å²) in [5.74, 6) is 2.70. The third-order valence-corrected chi connectivity index (χ3v) is 11.1. The molecule has 350 valence electrons. The van der Waals surface area contributed by atoms with Crippen LogP contribution in [-0.4, -0.2) is 113 Å². The predicted molar refractivity (Wildman–Crippen MR) is 267 cm³/mol. The number of anilines is 2. The van der Waals surface area contributed by atoms with Gasteiger partial charge in [-0.25, -0.2) is 9.97 Å². The van der Waals surface area contributed by atoms with Crippen molar-refractivity contribution >= 4 is 57.1 Å². The zero-order valence-electron chi connectivity index (χ0n) is 39.4. The SMILES string of the molecule is CC(C)c1cnnc(Nc2ccc3ncc(-c4cn(C)nc4-c4ccc(OCC(=O)N(C)C)cc4)cc3n2)c1.CN(C)C(=O)COc1ccc(-c2nn(C)cc2-c2cnc3ccc(Cl)nc3c2)cc1. The summed E-state index contributed by atoms with van der Waals surface area (Å²) in [7, 11) is 10.6. The number of aromatic nitrogens is 10. The summed E-state index contributed by atoms with van der Waals surface area (Å²) in [5.41, 5.74) is 11.3. The van der Waals surface area contributed by atoms with Gasteiger partial charge in [0.05, 0.1) is 28.3 Å². The molecule has 0 radical (unpaired) electrons. The first-order chi connectivity index (χ1) is 33.2. The number of nitrogens with one attached hydrogen (secondary N) is 1. The lowest BCUT2D eigenvalue weighted by Crippen LogP contribution is -2.27. The standard InChI is InChI=1S/C29H30N8O2.C22H20ClN5O2/c1-18(2)20-13-27(34-31-15-20)33-26-11-10-24-25(32-26)12-21(14-30-24)23-16-37(5)35-29(23)19-6-8-22(9-7-19)39-17-28(38)36(3)4;1-27(2)21(29)13-30-16-6-4-14(5-7-16)22-17(12-28(3)26-22)15-10-19-18(24-11-15)8-9-20(23)25-19/h6-16,18H,17H2,1-5H3,(H,32,33,34);4-12H,13H2,1-3H3. The van der Waals surface area contributed by atoms with Crippen molar-refractivity contribution in [2.75, 3.05) is 46.7 Å². The normalized spacial score (nSPS) is 11.0. The average molecular weight is 945 g/mol. The molecule has 0 spiro atoms. The number of hydrogen-bond acceptors (Lipinski definition) is 13. The monoisotopic (exact) mass is 943 g/mol. The van der Waals surface area contributed by atoms with Gasteiger partial charge in [0.2, 0.25) is 0 Å². The number of likely N-dealkylation sites (N-methyl/N-ethyl adjacent to an activating group) is 2. The third kappa shape index (κ3) is 11.5. The minimum absolute atomic E-state index is 0.000494. The first-order valence-electron chi connectivity index (χ1n) is 21.9. The molecule has 0 aliphatic heterocycles. The van der Waals surface area contributed by atoms with Crippen LogP contribution in [0.15, 0.2) is 122 Å². The van der Waals surface area contributed by atoms with Gasteiger partial charge in [-0.15, -0.1) is 5.10 Å². The van der Waals surface area contributed by atoms with Crippen LogP contribution in [-0.2, 0) is 23.7 Å². The van der Waals surface area contributed by atoms with Gasteiger partial charge in [0.25, 0.3) is 11.8 Å². The topological polar surface area (TPSA) is 184 Å². The molecule has 0 unspecified atom stereocenters. The first kappa shape index (κ1) is 47.2. The van der Waals surface area contributed by atoms with Crippen molar-refractivity contribution in [3.63, 3.8) is 0 Å². The lowest BCUT2D eigenvalue weighted by Gasteiger charge is -2.11. The molecule has 17 nitrogen and oxygen atoms in total. The van der Waals surface area contributed by atoms with Crippen molar-refractivity contribution in [1.29, 1.82) is 0 Å². The fourth-order valence-electron chi connectivity index (χ4n) is 7.03. The van der Waals surface area contributed by atoms with E-state index in [9.17, 15) is 9.59 Å². The molecular weight excluding hydrogens is 894 g/mol. The molecule has 9 aromatic rings. The number of pyridine rings is 4. The summed E-state index contributed by atoms with van der Waals surface area (Å²) < 4.78 is 14.7. The fraction of sp³-hybridized carbons (Fsp3) is 0.216. The van der Waals surface area contributed by atoms with Gasteiger partial charge in [0, 0.05) is 100 Å². The van der Waals surface area contributed by atoms with Crippen LogP contribution in [0.3, 0.4) is 0 Å². The van der Waals surface area contributed by atoms with Gasteiger partial charge in [-0.05, 0) is 102 Å². The molecule has 2 aromatic carbocycles. The number of halogens is 1. The lowest BCUT2D eigenvalue weighted by molar-refractivity contribution is -0.131. The highest BCUT2D eigenvalue weighted by Crippen LogP contribution is 2.35. The Labute approximate surface area is 403 Å². The molecule has 2 amide bonds. The second kappa shape index (κ2) is 20.7. The van der Waals surface area contributed by atoms with Crippen LogP contribution in [0, 0.1) is 0 Å². The maximum Gasteiger partial charge on any atom is 0.259 e. The molecule has 18 heteroatoms. The summed E-state index contributed by atoms with van der Waals surface area (Å²) in [6.45, 7) is 4.22. The number of benzene rings is 2. The van der Waals surface area contributed by atoms with Crippen molar-refractivity contribution in [2.24, 2.45) is 14.1 Å². The summed E-state index contributed by atoms with van der Waals surface area (Å²) in [5, 5.41) is 21.3. The number of carbonyl (C=O) groups excluding carboxylic acids is 2. The Morgan fingerprint density at radius 2 is 1.10 bits per heavy atom. The maximum absolute atomic E-state index is 11.8. The molecule has 9 rings (SSSR count). The highest BCUT2D eigenvalue weighted by atomic mass is 35.5. The molecule has 7 heterocycles. The number of hydrogen-bond donors (Lipinski definition) is 1. The van der Waals surface area contributed by atoms with Crippen molar-refractivity contribution in [3.05, 3.63) is 133 Å². The van der Waals surface area contributed by atoms with Gasteiger partial charge in [-0.2, -0.15) is 15.3 Å². The number of fused-ring (bicyclic) bond motifs is 2. The summed E-state index contributed by atoms with van der Waals surface area (Å²) in [6.07, 6.45) is 9.33. The molecule has 0 saturated heterocycles. The Bertz CT molecular complexity index is 3280. The van der Waals surface area contributed by atoms with Gasteiger partial charge >= 0.3 is 0 Å². The molecule has 0 saturated carbocycles. The van der Waals surface area contributed by atoms with Crippen molar-refractivity contribution in [1.82, 2.24) is 59.5 Å². The minimum Gasteiger partial charge on any atom is -0.484 e. The van der Waals surface area contributed by atoms with Crippen LogP contribution in [0.4, 0.5) is 11.6 Å². The lowest BCUT2D eigenvalue weighted by atomic mass is 10.0. The van der Waals surface area contributed by atoms with E-state index in [2.05, 4.69) is 49.4 Å². The molecule has 0 atom stereocenters. The van der Waals surface area contributed by atoms with Gasteiger partial charge < -0.3 is 24.6 Å². The Kier molecular flexibility index (Phi) is 14.1. The van der Waals surface area contributed by atoms with Crippen molar-refractivity contribution in [2.45, 2.75) is 19.8 Å². The summed E-state index contributed by atoms with van der Waals surface area (Å²) in [4.78, 5) is 44.8. The number of carbonyl (C=O) groups is 2. The van der Waals surface area contributed by atoms with Crippen LogP contribution in [0.5, 0.6) is 11.5 Å². The van der Waals surface area contributed by atoms with Gasteiger partial charge in [-0.1, -0.05) is 25.4 Å². The van der Waals surface area contributed by atoms with Crippen LogP contribution < -0.4 is 14.8 Å². The molecule has 1 N–H and O–H groups in total. The third-order valence-electron chi connectivity index (χ3n) is 10.9. The Morgan fingerprint density at radius 1 is 0.609 bits per heavy atom. The van der Waals surface area contributed by atoms with E-state index in [0.29, 0.717) is 34.2 Å². The number of aryl methyl sites for hydroxylation is 2. The molecule has 69 heavy (non-hydrogen) atoms. The number of ether oxygens (including phenoxy) is 2. The number of rotatable bonds is 13. The first-order valence-corrected chi connectivity index (χ1v) is 22.3. The van der Waals surface area contributed by atoms with E-state index in [1.807, 2.05) is 124 Å². The van der Waals surface area contributed by atoms with Crippen LogP contribution >= 0.6 is 11.6 Å². The maximum atomic E-state index is 11.8. The number of amides is 2. The molecule has 0 aliphatic carbocycles. The van der Waals surface area contributed by atoms with E-state index >= 15 is 0 Å². The van der Waals surface area contributed by atoms with Gasteiger partial charge in [0.15, 0.2) is 19.0 Å². The van der Waals surface area contributed by atoms with E-state index < -0.39 is 0 Å². The van der Waals surface area contributed by atoms with E-state index in [-0.39, 0.29) is 25.0 Å². The highest BCUT2D eigenvalue weighted by molar-refractivity contribution is 6.29. The van der Waals surface area contributed by atoms with E-state index in [0.717, 1.165) is 72.4 Å². The molecule has 0 aliphatic rings. The largest absolute Gasteiger partial charge is 0.484 e. The van der Waals surface area contributed by atoms with E-state index in [1.165, 1.54) is 9.80 Å². The summed E-state index contributed by atoms with van der Waals surface area (Å²) >= 11 is 6.03. The van der Waals surface area contributed by atoms with Crippen LogP contribution in [0.1, 0.15) is 25.3 Å². The van der Waals surface area contributed by atoms with Gasteiger partial charge in [0.1, 0.15) is 33.9 Å². The van der Waals surface area contributed by atoms with Crippen molar-refractivity contribution in [3.8, 4) is 56.3 Å². The average Bonchev–Trinajstić information content (AvgIpc) is 3.94. The van der Waals surface area contributed by atoms with Crippen molar-refractivity contribution < 1.29 is 19.1 Å². The van der Waals surface area contributed by atoms with E-state index in [4.69, 9.17) is 31.2 Å². The zero-order valence-corrected chi connectivity index (χ0v) is 40.2. The second-order valence-corrected chi connectivity index (χ2v) is 17.2. The minimum atomic E-state index is -0.0983. The molecule has 7 aromatic heterocycles. The van der Waals surface area contributed by atoms with E-state index in [1.54, 1.807) is 49.8 Å². The number of nitrogens with zero attached hydrogens (tertiary/aromatic N) is 12. The summed E-state index contributed by atoms with van der Waals surface area (Å²) in [6, 6.07) is 28.4. The van der Waals surface area contributed by atoms with Gasteiger partial charge in [-0.3, -0.25) is 28.9 Å². The Morgan fingerprint density at radius 3 is 1.59 bits per heavy atom. The fourth-order valence-corrected chi connectivity index (χ4v) is 7.19. The Hall–Kier alpha value is -8.31. The Balaban J connectivity index is 0.000000192. The smallest absolute Gasteiger partial charge is 0.259 e. The molecule has 0 fully saturated rings. The highest BCUT2D eigenvalue weighted by Gasteiger charge is 2.17. The zero-order chi connectivity index (χ0) is 48.8. The van der Waals surface area contributed by atoms with Crippen LogP contribution in [0.25, 0.3) is 66.8 Å².